The Bertz CT molecular complexity index is 62.3. The second-order valence-corrected chi connectivity index (χ2v) is 2.13. The highest BCUT2D eigenvalue weighted by Gasteiger charge is 2.37. The Balaban J connectivity index is 2.09. The number of hydrogen-bond donors (Lipinski definition) is 0. The summed E-state index contributed by atoms with van der Waals surface area (Å²) in [4.78, 5) is 2.47. The van der Waals surface area contributed by atoms with E-state index in [0.29, 0.717) is 0 Å². The molecule has 0 saturated carbocycles. The minimum absolute atomic E-state index is 0.991. The number of piperidine rings is 1. The molecule has 0 bridgehead atoms. The number of rotatable bonds is 0. The second kappa shape index (κ2) is 0.784. The van der Waals surface area contributed by atoms with Gasteiger partial charge in [-0.3, -0.25) is 4.90 Å². The van der Waals surface area contributed by atoms with E-state index in [0.717, 1.165) is 6.04 Å². The standard InChI is InChI=1S/C5H8N/c1-2-5-4-6(5)3-1/h1,5H,2-4H2. The van der Waals surface area contributed by atoms with Crippen molar-refractivity contribution in [2.75, 3.05) is 13.1 Å². The summed E-state index contributed by atoms with van der Waals surface area (Å²) in [5, 5.41) is 0. The topological polar surface area (TPSA) is 3.01 Å². The van der Waals surface area contributed by atoms with Crippen molar-refractivity contribution < 1.29 is 0 Å². The largest absolute Gasteiger partial charge is 0.297 e. The summed E-state index contributed by atoms with van der Waals surface area (Å²) in [5.74, 6) is 0. The van der Waals surface area contributed by atoms with Crippen molar-refractivity contribution in [2.24, 2.45) is 0 Å². The number of hydrogen-bond acceptors (Lipinski definition) is 1. The predicted octanol–water partition coefficient (Wildman–Crippen LogP) is 0.279. The van der Waals surface area contributed by atoms with Gasteiger partial charge in [0.15, 0.2) is 0 Å². The SMILES string of the molecule is [CH]1CC2CN2C1. The molecule has 2 heterocycles. The van der Waals surface area contributed by atoms with Crippen LogP contribution in [0.4, 0.5) is 0 Å². The fourth-order valence-corrected chi connectivity index (χ4v) is 1.10. The van der Waals surface area contributed by atoms with Crippen molar-refractivity contribution in [3.8, 4) is 0 Å². The van der Waals surface area contributed by atoms with Gasteiger partial charge in [0.05, 0.1) is 0 Å². The average Bonchev–Trinajstić information content (AvgIpc) is 2.17. The van der Waals surface area contributed by atoms with Gasteiger partial charge < -0.3 is 0 Å². The summed E-state index contributed by atoms with van der Waals surface area (Å²) >= 11 is 0. The molecule has 1 radical (unpaired) electrons. The van der Waals surface area contributed by atoms with Crippen LogP contribution in [-0.4, -0.2) is 24.0 Å². The van der Waals surface area contributed by atoms with Crippen LogP contribution >= 0.6 is 0 Å². The van der Waals surface area contributed by atoms with Gasteiger partial charge in [-0.2, -0.15) is 0 Å². The summed E-state index contributed by atoms with van der Waals surface area (Å²) in [7, 11) is 0. The Morgan fingerprint density at radius 2 is 2.67 bits per heavy atom. The highest BCUT2D eigenvalue weighted by Crippen LogP contribution is 2.28. The van der Waals surface area contributed by atoms with Gasteiger partial charge in [-0.05, 0) is 12.8 Å². The van der Waals surface area contributed by atoms with E-state index < -0.39 is 0 Å². The van der Waals surface area contributed by atoms with Crippen molar-refractivity contribution in [3.63, 3.8) is 0 Å². The first kappa shape index (κ1) is 3.03. The molecule has 33 valence electrons. The fourth-order valence-electron chi connectivity index (χ4n) is 1.10. The lowest BCUT2D eigenvalue weighted by molar-refractivity contribution is 0.617. The molecule has 0 spiro atoms. The summed E-state index contributed by atoms with van der Waals surface area (Å²) in [6.07, 6.45) is 3.72. The molecule has 1 heteroatoms. The van der Waals surface area contributed by atoms with Gasteiger partial charge in [0.25, 0.3) is 0 Å². The molecular formula is C5H8N. The molecule has 2 rings (SSSR count). The molecule has 0 aromatic carbocycles. The van der Waals surface area contributed by atoms with E-state index in [1.807, 2.05) is 0 Å². The molecule has 1 nitrogen and oxygen atoms in total. The van der Waals surface area contributed by atoms with Crippen LogP contribution in [0.5, 0.6) is 0 Å². The molecule has 2 aliphatic rings. The van der Waals surface area contributed by atoms with Crippen LogP contribution in [0.1, 0.15) is 6.42 Å². The monoisotopic (exact) mass is 82.1 g/mol. The summed E-state index contributed by atoms with van der Waals surface area (Å²) in [5.41, 5.74) is 0. The molecule has 0 aromatic rings. The highest BCUT2D eigenvalue weighted by atomic mass is 15.3. The molecular weight excluding hydrogens is 74.1 g/mol. The van der Waals surface area contributed by atoms with Crippen LogP contribution < -0.4 is 0 Å². The third-order valence-corrected chi connectivity index (χ3v) is 1.63. The Morgan fingerprint density at radius 1 is 1.67 bits per heavy atom. The summed E-state index contributed by atoms with van der Waals surface area (Å²) in [6.45, 7) is 2.65. The Kier molecular flexibility index (Phi) is 0.396. The zero-order valence-corrected chi connectivity index (χ0v) is 3.72. The van der Waals surface area contributed by atoms with Gasteiger partial charge in [-0.1, -0.05) is 0 Å². The Hall–Kier alpha value is -0.0400. The molecule has 2 unspecified atom stereocenters. The lowest BCUT2D eigenvalue weighted by atomic mass is 10.3. The lowest BCUT2D eigenvalue weighted by Crippen LogP contribution is -1.90. The quantitative estimate of drug-likeness (QED) is 0.379. The van der Waals surface area contributed by atoms with Gasteiger partial charge in [0.2, 0.25) is 0 Å². The van der Waals surface area contributed by atoms with Crippen molar-refractivity contribution in [2.45, 2.75) is 12.5 Å². The zero-order chi connectivity index (χ0) is 3.98. The number of fused-ring (bicyclic) bond motifs is 1. The first-order valence-corrected chi connectivity index (χ1v) is 2.52. The maximum absolute atomic E-state index is 2.47. The van der Waals surface area contributed by atoms with Crippen LogP contribution in [0.15, 0.2) is 0 Å². The van der Waals surface area contributed by atoms with Gasteiger partial charge >= 0.3 is 0 Å². The summed E-state index contributed by atoms with van der Waals surface area (Å²) in [6, 6.07) is 0.991. The molecule has 2 atom stereocenters. The first-order valence-electron chi connectivity index (χ1n) is 2.52. The third-order valence-electron chi connectivity index (χ3n) is 1.63. The van der Waals surface area contributed by atoms with Gasteiger partial charge in [-0.25, -0.2) is 0 Å². The average molecular weight is 82.1 g/mol. The Labute approximate surface area is 37.9 Å². The third kappa shape index (κ3) is 0.243. The molecule has 0 amide bonds. The van der Waals surface area contributed by atoms with Crippen molar-refractivity contribution >= 4 is 0 Å². The van der Waals surface area contributed by atoms with Crippen LogP contribution in [0.3, 0.4) is 0 Å². The first-order chi connectivity index (χ1) is 2.97. The van der Waals surface area contributed by atoms with Gasteiger partial charge in [0, 0.05) is 19.1 Å². The molecule has 2 fully saturated rings. The van der Waals surface area contributed by atoms with E-state index >= 15 is 0 Å². The molecule has 0 aromatic heterocycles. The second-order valence-electron chi connectivity index (χ2n) is 2.13. The van der Waals surface area contributed by atoms with Crippen molar-refractivity contribution in [1.29, 1.82) is 0 Å². The highest BCUT2D eigenvalue weighted by molar-refractivity contribution is 5.02. The lowest BCUT2D eigenvalue weighted by Gasteiger charge is -1.82. The van der Waals surface area contributed by atoms with Crippen LogP contribution in [-0.2, 0) is 0 Å². The van der Waals surface area contributed by atoms with Gasteiger partial charge in [-0.15, -0.1) is 0 Å². The van der Waals surface area contributed by atoms with Gasteiger partial charge in [0.1, 0.15) is 0 Å². The van der Waals surface area contributed by atoms with E-state index in [1.54, 1.807) is 0 Å². The number of nitrogens with zero attached hydrogens (tertiary/aromatic N) is 1. The Morgan fingerprint density at radius 3 is 2.83 bits per heavy atom. The van der Waals surface area contributed by atoms with E-state index in [-0.39, 0.29) is 0 Å². The van der Waals surface area contributed by atoms with E-state index in [1.165, 1.54) is 19.5 Å². The molecule has 0 aliphatic carbocycles. The van der Waals surface area contributed by atoms with Crippen molar-refractivity contribution in [3.05, 3.63) is 6.42 Å². The van der Waals surface area contributed by atoms with Crippen LogP contribution in [0, 0.1) is 6.42 Å². The van der Waals surface area contributed by atoms with E-state index in [9.17, 15) is 0 Å². The zero-order valence-electron chi connectivity index (χ0n) is 3.72. The normalized spacial score (nSPS) is 52.0. The maximum Gasteiger partial charge on any atom is 0.0227 e. The van der Waals surface area contributed by atoms with Crippen LogP contribution in [0.25, 0.3) is 0 Å². The summed E-state index contributed by atoms with van der Waals surface area (Å²) < 4.78 is 0. The van der Waals surface area contributed by atoms with Crippen molar-refractivity contribution in [1.82, 2.24) is 4.90 Å². The molecule has 0 N–H and O–H groups in total. The van der Waals surface area contributed by atoms with Crippen LogP contribution in [0.2, 0.25) is 0 Å². The minimum Gasteiger partial charge on any atom is -0.297 e. The van der Waals surface area contributed by atoms with E-state index in [4.69, 9.17) is 0 Å². The molecule has 6 heavy (non-hydrogen) atoms. The molecule has 2 aliphatic heterocycles. The molecule has 2 saturated heterocycles. The maximum atomic E-state index is 2.47. The fraction of sp³-hybridized carbons (Fsp3) is 0.800. The minimum atomic E-state index is 0.991. The predicted molar refractivity (Wildman–Crippen MR) is 24.3 cm³/mol. The smallest absolute Gasteiger partial charge is 0.0227 e. The van der Waals surface area contributed by atoms with E-state index in [2.05, 4.69) is 11.3 Å².